The molecule has 0 amide bonds. The van der Waals surface area contributed by atoms with Crippen LogP contribution in [0.5, 0.6) is 0 Å². The van der Waals surface area contributed by atoms with Crippen LogP contribution in [0.2, 0.25) is 0 Å². The Morgan fingerprint density at radius 2 is 0.856 bits per heavy atom. The third-order valence-electron chi connectivity index (χ3n) is 20.1. The maximum absolute atomic E-state index is 5.28. The van der Waals surface area contributed by atoms with Crippen LogP contribution in [0.4, 0.5) is 17.1 Å². The van der Waals surface area contributed by atoms with Gasteiger partial charge in [0.05, 0.1) is 44.3 Å². The van der Waals surface area contributed by atoms with Gasteiger partial charge in [-0.2, -0.15) is 0 Å². The van der Waals surface area contributed by atoms with Gasteiger partial charge in [0, 0.05) is 82.1 Å². The van der Waals surface area contributed by atoms with Gasteiger partial charge in [0.1, 0.15) is 0 Å². The van der Waals surface area contributed by atoms with Crippen molar-refractivity contribution in [1.82, 2.24) is 18.8 Å². The molecule has 5 aromatic heterocycles. The molecule has 418 valence electrons. The van der Waals surface area contributed by atoms with E-state index in [2.05, 4.69) is 313 Å². The average Bonchev–Trinajstić information content (AvgIpc) is 1.61. The number of rotatable bonds is 7. The highest BCUT2D eigenvalue weighted by Gasteiger charge is 2.36. The Kier molecular flexibility index (Phi) is 10.0. The second-order valence-corrected chi connectivity index (χ2v) is 25.2. The van der Waals surface area contributed by atoms with Crippen molar-refractivity contribution in [3.05, 3.63) is 296 Å². The van der Waals surface area contributed by atoms with Crippen LogP contribution >= 0.6 is 0 Å². The summed E-state index contributed by atoms with van der Waals surface area (Å²) in [5, 5.41) is 16.0. The summed E-state index contributed by atoms with van der Waals surface area (Å²) in [5.74, 6) is 0.718. The summed E-state index contributed by atoms with van der Waals surface area (Å²) in [5.41, 5.74) is 24.5. The average molecular weight is 1140 g/mol. The molecule has 0 aliphatic heterocycles. The standard InChI is InChI=1S/C85H53N5/c1-85(2)72-26-10-6-21-61(72)62-41-37-60(49-73(62)85)88(59-38-43-78-70(48-59)67-39-32-51-18-15-25-65-63-22-8-12-28-75(63)89(78)82(67)79(51)65)58-35-30-50(31-36-58)53-19-14-20-54(44-53)57-45-55-33-40-66-69-46-56(84-86-74-27-11-7-24-68(74)81(87-84)52-16-4-3-5-17-52)34-42-77(69)90-76-29-13-9-23-64(76)71(47-57)80(55)83(66)90/h3-49H,1-2H3. The molecule has 1 aliphatic rings. The Labute approximate surface area is 517 Å². The van der Waals surface area contributed by atoms with Crippen molar-refractivity contribution in [2.45, 2.75) is 19.3 Å². The fraction of sp³-hybridized carbons (Fsp3) is 0.0353. The van der Waals surface area contributed by atoms with Gasteiger partial charge < -0.3 is 13.7 Å². The van der Waals surface area contributed by atoms with Crippen LogP contribution in [0.15, 0.2) is 285 Å². The summed E-state index contributed by atoms with van der Waals surface area (Å²) in [6, 6.07) is 106. The maximum atomic E-state index is 5.28. The van der Waals surface area contributed by atoms with Crippen molar-refractivity contribution in [1.29, 1.82) is 0 Å². The molecule has 5 heterocycles. The van der Waals surface area contributed by atoms with Gasteiger partial charge >= 0.3 is 0 Å². The highest BCUT2D eigenvalue weighted by molar-refractivity contribution is 6.31. The van der Waals surface area contributed by atoms with Crippen molar-refractivity contribution in [2.75, 3.05) is 4.90 Å². The van der Waals surface area contributed by atoms with Crippen LogP contribution < -0.4 is 4.90 Å². The van der Waals surface area contributed by atoms with E-state index in [4.69, 9.17) is 9.97 Å². The molecular weight excluding hydrogens is 1090 g/mol. The first-order chi connectivity index (χ1) is 44.4. The third-order valence-corrected chi connectivity index (χ3v) is 20.1. The quantitative estimate of drug-likeness (QED) is 0.118. The Morgan fingerprint density at radius 1 is 0.300 bits per heavy atom. The van der Waals surface area contributed by atoms with E-state index < -0.39 is 0 Å². The Morgan fingerprint density at radius 3 is 1.66 bits per heavy atom. The fourth-order valence-corrected chi connectivity index (χ4v) is 16.0. The monoisotopic (exact) mass is 1140 g/mol. The molecule has 20 rings (SSSR count). The maximum Gasteiger partial charge on any atom is 0.160 e. The fourth-order valence-electron chi connectivity index (χ4n) is 16.0. The van der Waals surface area contributed by atoms with Crippen LogP contribution in [0.3, 0.4) is 0 Å². The van der Waals surface area contributed by atoms with Gasteiger partial charge in [-0.25, -0.2) is 9.97 Å². The summed E-state index contributed by atoms with van der Waals surface area (Å²) < 4.78 is 4.99. The van der Waals surface area contributed by atoms with Crippen LogP contribution in [0.1, 0.15) is 25.0 Å². The number of benzene rings is 14. The number of hydrogen-bond acceptors (Lipinski definition) is 3. The van der Waals surface area contributed by atoms with Crippen LogP contribution in [-0.2, 0) is 5.41 Å². The third kappa shape index (κ3) is 6.86. The zero-order valence-electron chi connectivity index (χ0n) is 49.4. The molecule has 0 spiro atoms. The SMILES string of the molecule is CC1(C)c2ccccc2-c2ccc(N(c3ccc(-c4cccc(-c5cc6ccc7c8cc(-c9nc(-c%10ccccc%10)c%10ccccc%10n9)ccc8n8c9ccccc9c(c5)c6c78)c4)cc3)c3ccc4c(c3)c3ccc5cccc6c7ccccc7n4c3c56)cc21. The molecule has 0 saturated heterocycles. The number of para-hydroxylation sites is 3. The van der Waals surface area contributed by atoms with Crippen LogP contribution in [0, 0.1) is 0 Å². The predicted molar refractivity (Wildman–Crippen MR) is 378 cm³/mol. The Bertz CT molecular complexity index is 6230. The zero-order chi connectivity index (χ0) is 59.1. The first-order valence-electron chi connectivity index (χ1n) is 31.2. The minimum atomic E-state index is -0.158. The molecule has 19 aromatic rings. The summed E-state index contributed by atoms with van der Waals surface area (Å²) in [6.45, 7) is 4.75. The summed E-state index contributed by atoms with van der Waals surface area (Å²) >= 11 is 0. The van der Waals surface area contributed by atoms with Gasteiger partial charge in [0.25, 0.3) is 0 Å². The minimum Gasteiger partial charge on any atom is -0.310 e. The molecule has 0 bridgehead atoms. The first kappa shape index (κ1) is 49.5. The van der Waals surface area contributed by atoms with E-state index in [1.807, 2.05) is 0 Å². The summed E-state index contributed by atoms with van der Waals surface area (Å²) in [6.07, 6.45) is 0. The first-order valence-corrected chi connectivity index (χ1v) is 31.2. The number of aromatic nitrogens is 4. The van der Waals surface area contributed by atoms with E-state index in [1.165, 1.54) is 137 Å². The van der Waals surface area contributed by atoms with E-state index in [9.17, 15) is 0 Å². The van der Waals surface area contributed by atoms with E-state index >= 15 is 0 Å². The van der Waals surface area contributed by atoms with E-state index in [0.717, 1.165) is 56.2 Å². The second kappa shape index (κ2) is 18.2. The normalized spacial score (nSPS) is 13.1. The van der Waals surface area contributed by atoms with E-state index in [0.29, 0.717) is 0 Å². The summed E-state index contributed by atoms with van der Waals surface area (Å²) in [7, 11) is 0. The van der Waals surface area contributed by atoms with Crippen molar-refractivity contribution in [2.24, 2.45) is 0 Å². The van der Waals surface area contributed by atoms with Crippen LogP contribution in [-0.4, -0.2) is 18.8 Å². The number of fused-ring (bicyclic) bond motifs is 16. The smallest absolute Gasteiger partial charge is 0.160 e. The molecule has 5 heteroatoms. The molecule has 0 unspecified atom stereocenters. The van der Waals surface area contributed by atoms with Gasteiger partial charge in [-0.3, -0.25) is 0 Å². The van der Waals surface area contributed by atoms with E-state index in [1.54, 1.807) is 0 Å². The van der Waals surface area contributed by atoms with Gasteiger partial charge in [0.2, 0.25) is 0 Å². The Hall–Kier alpha value is -11.7. The van der Waals surface area contributed by atoms with Crippen molar-refractivity contribution in [3.63, 3.8) is 0 Å². The predicted octanol–water partition coefficient (Wildman–Crippen LogP) is 22.7. The molecule has 0 radical (unpaired) electrons. The molecule has 0 fully saturated rings. The molecule has 90 heavy (non-hydrogen) atoms. The van der Waals surface area contributed by atoms with Gasteiger partial charge in [-0.1, -0.05) is 202 Å². The lowest BCUT2D eigenvalue weighted by Crippen LogP contribution is -2.16. The highest BCUT2D eigenvalue weighted by atomic mass is 15.1. The highest BCUT2D eigenvalue weighted by Crippen LogP contribution is 2.52. The lowest BCUT2D eigenvalue weighted by atomic mass is 9.82. The largest absolute Gasteiger partial charge is 0.310 e. The van der Waals surface area contributed by atoms with Crippen molar-refractivity contribution < 1.29 is 0 Å². The van der Waals surface area contributed by atoms with Crippen molar-refractivity contribution in [3.8, 4) is 56.0 Å². The number of hydrogen-bond donors (Lipinski definition) is 0. The van der Waals surface area contributed by atoms with Crippen LogP contribution in [0.25, 0.3) is 165 Å². The lowest BCUT2D eigenvalue weighted by molar-refractivity contribution is 0.660. The lowest BCUT2D eigenvalue weighted by Gasteiger charge is -2.28. The van der Waals surface area contributed by atoms with Gasteiger partial charge in [0.15, 0.2) is 5.82 Å². The number of anilines is 3. The minimum absolute atomic E-state index is 0.158. The number of pyridine rings is 2. The van der Waals surface area contributed by atoms with Gasteiger partial charge in [-0.15, -0.1) is 0 Å². The van der Waals surface area contributed by atoms with Crippen molar-refractivity contribution >= 4 is 126 Å². The molecule has 0 N–H and O–H groups in total. The second-order valence-electron chi connectivity index (χ2n) is 25.2. The summed E-state index contributed by atoms with van der Waals surface area (Å²) in [4.78, 5) is 12.9. The van der Waals surface area contributed by atoms with E-state index in [-0.39, 0.29) is 5.41 Å². The molecule has 0 saturated carbocycles. The number of nitrogens with zero attached hydrogens (tertiary/aromatic N) is 5. The zero-order valence-corrected chi connectivity index (χ0v) is 49.4. The molecular formula is C85H53N5. The molecule has 0 atom stereocenters. The topological polar surface area (TPSA) is 37.8 Å². The Balaban J connectivity index is 0.705. The van der Waals surface area contributed by atoms with Gasteiger partial charge in [-0.05, 0) is 163 Å². The molecule has 14 aromatic carbocycles. The molecule has 5 nitrogen and oxygen atoms in total. The molecule has 1 aliphatic carbocycles.